The second-order valence-electron chi connectivity index (χ2n) is 7.36. The number of rotatable bonds is 6. The fraction of sp³-hybridized carbons (Fsp3) is 0.364. The maximum atomic E-state index is 12.9. The van der Waals surface area contributed by atoms with Crippen molar-refractivity contribution in [1.82, 2.24) is 19.9 Å². The summed E-state index contributed by atoms with van der Waals surface area (Å²) in [4.78, 5) is 29.6. The van der Waals surface area contributed by atoms with E-state index in [-0.39, 0.29) is 11.9 Å². The van der Waals surface area contributed by atoms with Gasteiger partial charge in [0, 0.05) is 30.1 Å². The fourth-order valence-corrected chi connectivity index (χ4v) is 4.43. The third-order valence-electron chi connectivity index (χ3n) is 5.10. The van der Waals surface area contributed by atoms with Gasteiger partial charge in [0.15, 0.2) is 5.13 Å². The van der Waals surface area contributed by atoms with Gasteiger partial charge in [0.2, 0.25) is 5.91 Å². The Hall–Kier alpha value is -2.80. The Labute approximate surface area is 175 Å². The van der Waals surface area contributed by atoms with Crippen LogP contribution < -0.4 is 5.32 Å². The molecule has 1 atom stereocenters. The number of likely N-dealkylation sites (tertiary alicyclic amines) is 1. The van der Waals surface area contributed by atoms with Crippen molar-refractivity contribution in [2.45, 2.75) is 45.6 Å². The van der Waals surface area contributed by atoms with Gasteiger partial charge < -0.3 is 10.2 Å². The molecule has 2 aromatic heterocycles. The summed E-state index contributed by atoms with van der Waals surface area (Å²) >= 11 is 1.59. The zero-order valence-electron chi connectivity index (χ0n) is 16.8. The summed E-state index contributed by atoms with van der Waals surface area (Å²) in [6.45, 7) is 4.70. The molecule has 1 fully saturated rings. The van der Waals surface area contributed by atoms with Crippen molar-refractivity contribution >= 4 is 28.2 Å². The van der Waals surface area contributed by atoms with E-state index >= 15 is 0 Å². The van der Waals surface area contributed by atoms with Crippen molar-refractivity contribution in [3.8, 4) is 0 Å². The number of carbonyl (C=O) groups is 1. The number of nitrogens with zero attached hydrogens (tertiary/aromatic N) is 4. The second kappa shape index (κ2) is 8.69. The van der Waals surface area contributed by atoms with Crippen molar-refractivity contribution in [2.75, 3.05) is 11.9 Å². The maximum Gasteiger partial charge on any atom is 0.223 e. The van der Waals surface area contributed by atoms with E-state index < -0.39 is 0 Å². The smallest absolute Gasteiger partial charge is 0.223 e. The normalized spacial score (nSPS) is 16.2. The van der Waals surface area contributed by atoms with Gasteiger partial charge in [0.1, 0.15) is 11.6 Å². The molecule has 1 aromatic carbocycles. The highest BCUT2D eigenvalue weighted by Crippen LogP contribution is 2.33. The Morgan fingerprint density at radius 3 is 2.83 bits per heavy atom. The monoisotopic (exact) mass is 407 g/mol. The standard InChI is InChI=1S/C22H25N5OS/c1-15-14-23-22(29-15)26-20-13-18(24-16(2)25-20)19-9-6-12-27(19)21(28)11-10-17-7-4-3-5-8-17/h3-5,7-8,13-14,19H,6,9-12H2,1-2H3,(H,23,24,25,26)/t19-/m1/s1. The first-order valence-electron chi connectivity index (χ1n) is 9.97. The van der Waals surface area contributed by atoms with Gasteiger partial charge in [-0.3, -0.25) is 4.79 Å². The van der Waals surface area contributed by atoms with Gasteiger partial charge in [0.25, 0.3) is 0 Å². The van der Waals surface area contributed by atoms with E-state index in [0.29, 0.717) is 12.2 Å². The number of anilines is 2. The molecule has 0 unspecified atom stereocenters. The van der Waals surface area contributed by atoms with E-state index in [0.717, 1.165) is 47.3 Å². The summed E-state index contributed by atoms with van der Waals surface area (Å²) in [6.07, 6.45) is 5.06. The van der Waals surface area contributed by atoms with Crippen LogP contribution in [0.15, 0.2) is 42.6 Å². The van der Waals surface area contributed by atoms with Crippen LogP contribution in [0.1, 0.15) is 47.3 Å². The van der Waals surface area contributed by atoms with E-state index in [1.54, 1.807) is 11.3 Å². The van der Waals surface area contributed by atoms with Gasteiger partial charge in [-0.25, -0.2) is 15.0 Å². The van der Waals surface area contributed by atoms with Crippen molar-refractivity contribution in [3.63, 3.8) is 0 Å². The third kappa shape index (κ3) is 4.79. The van der Waals surface area contributed by atoms with Gasteiger partial charge >= 0.3 is 0 Å². The zero-order valence-corrected chi connectivity index (χ0v) is 17.6. The van der Waals surface area contributed by atoms with Crippen LogP contribution in [0.5, 0.6) is 0 Å². The summed E-state index contributed by atoms with van der Waals surface area (Å²) in [5, 5.41) is 4.09. The summed E-state index contributed by atoms with van der Waals surface area (Å²) < 4.78 is 0. The summed E-state index contributed by atoms with van der Waals surface area (Å²) in [7, 11) is 0. The fourth-order valence-electron chi connectivity index (χ4n) is 3.76. The Morgan fingerprint density at radius 1 is 1.24 bits per heavy atom. The molecular weight excluding hydrogens is 382 g/mol. The molecule has 6 nitrogen and oxygen atoms in total. The van der Waals surface area contributed by atoms with Gasteiger partial charge in [-0.2, -0.15) is 0 Å². The van der Waals surface area contributed by atoms with Gasteiger partial charge in [-0.15, -0.1) is 11.3 Å². The van der Waals surface area contributed by atoms with Crippen LogP contribution >= 0.6 is 11.3 Å². The lowest BCUT2D eigenvalue weighted by molar-refractivity contribution is -0.132. The minimum atomic E-state index is 0.0126. The average molecular weight is 408 g/mol. The average Bonchev–Trinajstić information content (AvgIpc) is 3.36. The number of hydrogen-bond acceptors (Lipinski definition) is 6. The first-order chi connectivity index (χ1) is 14.1. The molecular formula is C22H25N5OS. The minimum absolute atomic E-state index is 0.0126. The van der Waals surface area contributed by atoms with E-state index in [4.69, 9.17) is 0 Å². The lowest BCUT2D eigenvalue weighted by atomic mass is 10.1. The highest BCUT2D eigenvalue weighted by atomic mass is 32.1. The zero-order chi connectivity index (χ0) is 20.2. The number of thiazole rings is 1. The first kappa shape index (κ1) is 19.5. The van der Waals surface area contributed by atoms with Crippen LogP contribution in [-0.2, 0) is 11.2 Å². The van der Waals surface area contributed by atoms with Gasteiger partial charge in [-0.1, -0.05) is 30.3 Å². The molecule has 7 heteroatoms. The van der Waals surface area contributed by atoms with Crippen LogP contribution in [0.4, 0.5) is 10.9 Å². The van der Waals surface area contributed by atoms with Crippen LogP contribution in [0, 0.1) is 13.8 Å². The van der Waals surface area contributed by atoms with Crippen molar-refractivity contribution in [1.29, 1.82) is 0 Å². The molecule has 3 aromatic rings. The lowest BCUT2D eigenvalue weighted by Gasteiger charge is -2.25. The molecule has 1 N–H and O–H groups in total. The molecule has 0 radical (unpaired) electrons. The molecule has 0 bridgehead atoms. The molecule has 1 aliphatic heterocycles. The number of carbonyl (C=O) groups excluding carboxylic acids is 1. The van der Waals surface area contributed by atoms with E-state index in [2.05, 4.69) is 32.4 Å². The molecule has 150 valence electrons. The van der Waals surface area contributed by atoms with Crippen molar-refractivity contribution in [3.05, 3.63) is 64.6 Å². The first-order valence-corrected chi connectivity index (χ1v) is 10.8. The number of benzene rings is 1. The number of nitrogens with one attached hydrogen (secondary N) is 1. The van der Waals surface area contributed by atoms with Crippen LogP contribution in [0.3, 0.4) is 0 Å². The molecule has 4 rings (SSSR count). The van der Waals surface area contributed by atoms with Gasteiger partial charge in [-0.05, 0) is 38.7 Å². The summed E-state index contributed by atoms with van der Waals surface area (Å²) in [5.74, 6) is 1.62. The minimum Gasteiger partial charge on any atom is -0.334 e. The quantitative estimate of drug-likeness (QED) is 0.647. The lowest BCUT2D eigenvalue weighted by Crippen LogP contribution is -2.31. The molecule has 1 amide bonds. The number of hydrogen-bond donors (Lipinski definition) is 1. The molecule has 1 saturated heterocycles. The Balaban J connectivity index is 1.48. The predicted octanol–water partition coefficient (Wildman–Crippen LogP) is 4.59. The number of amides is 1. The maximum absolute atomic E-state index is 12.9. The molecule has 3 heterocycles. The summed E-state index contributed by atoms with van der Waals surface area (Å²) in [5.41, 5.74) is 2.10. The molecule has 1 aliphatic rings. The number of aromatic nitrogens is 3. The largest absolute Gasteiger partial charge is 0.334 e. The Morgan fingerprint density at radius 2 is 2.07 bits per heavy atom. The highest BCUT2D eigenvalue weighted by Gasteiger charge is 2.31. The topological polar surface area (TPSA) is 71.0 Å². The molecule has 0 saturated carbocycles. The van der Waals surface area contributed by atoms with E-state index in [1.165, 1.54) is 5.56 Å². The predicted molar refractivity (Wildman–Crippen MR) is 115 cm³/mol. The Bertz CT molecular complexity index is 988. The molecule has 0 aliphatic carbocycles. The van der Waals surface area contributed by atoms with E-state index in [9.17, 15) is 4.79 Å². The molecule has 0 spiro atoms. The van der Waals surface area contributed by atoms with Crippen LogP contribution in [-0.4, -0.2) is 32.3 Å². The summed E-state index contributed by atoms with van der Waals surface area (Å²) in [6, 6.07) is 12.1. The molecule has 29 heavy (non-hydrogen) atoms. The van der Waals surface area contributed by atoms with Crippen LogP contribution in [0.25, 0.3) is 0 Å². The Kier molecular flexibility index (Phi) is 5.85. The van der Waals surface area contributed by atoms with Crippen molar-refractivity contribution in [2.24, 2.45) is 0 Å². The highest BCUT2D eigenvalue weighted by molar-refractivity contribution is 7.15. The van der Waals surface area contributed by atoms with Gasteiger partial charge in [0.05, 0.1) is 11.7 Å². The van der Waals surface area contributed by atoms with Crippen molar-refractivity contribution < 1.29 is 4.79 Å². The van der Waals surface area contributed by atoms with Crippen LogP contribution in [0.2, 0.25) is 0 Å². The SMILES string of the molecule is Cc1nc(Nc2ncc(C)s2)cc([C@H]2CCCN2C(=O)CCc2ccccc2)n1. The van der Waals surface area contributed by atoms with E-state index in [1.807, 2.05) is 49.2 Å². The second-order valence-corrected chi connectivity index (χ2v) is 8.59. The third-order valence-corrected chi connectivity index (χ3v) is 5.93. The number of aryl methyl sites for hydroxylation is 3.